The summed E-state index contributed by atoms with van der Waals surface area (Å²) in [5.74, 6) is -1.80. The molecular weight excluding hydrogens is 290 g/mol. The van der Waals surface area contributed by atoms with Crippen molar-refractivity contribution < 1.29 is 27.5 Å². The maximum atomic E-state index is 13.7. The van der Waals surface area contributed by atoms with Crippen LogP contribution in [-0.4, -0.2) is 35.1 Å². The van der Waals surface area contributed by atoms with E-state index in [1.54, 1.807) is 0 Å². The zero-order valence-corrected chi connectivity index (χ0v) is 11.2. The highest BCUT2D eigenvalue weighted by Crippen LogP contribution is 2.32. The minimum Gasteiger partial charge on any atom is -0.395 e. The van der Waals surface area contributed by atoms with Crippen molar-refractivity contribution in [2.75, 3.05) is 13.2 Å². The summed E-state index contributed by atoms with van der Waals surface area (Å²) < 4.78 is 51.7. The van der Waals surface area contributed by atoms with Crippen LogP contribution in [0.5, 0.6) is 0 Å². The average molecular weight is 305 g/mol. The first-order valence-corrected chi connectivity index (χ1v) is 6.63. The van der Waals surface area contributed by atoms with E-state index in [0.717, 1.165) is 6.42 Å². The lowest BCUT2D eigenvalue weighted by Crippen LogP contribution is -2.46. The zero-order chi connectivity index (χ0) is 15.6. The average Bonchev–Trinajstić information content (AvgIpc) is 2.34. The van der Waals surface area contributed by atoms with Gasteiger partial charge < -0.3 is 10.0 Å². The maximum Gasteiger partial charge on any atom is 0.416 e. The van der Waals surface area contributed by atoms with E-state index < -0.39 is 29.0 Å². The lowest BCUT2D eigenvalue weighted by atomic mass is 9.91. The van der Waals surface area contributed by atoms with Crippen LogP contribution in [0, 0.1) is 5.82 Å². The van der Waals surface area contributed by atoms with Crippen LogP contribution >= 0.6 is 0 Å². The third-order valence-corrected chi connectivity index (χ3v) is 3.64. The second-order valence-corrected chi connectivity index (χ2v) is 5.00. The molecule has 1 saturated carbocycles. The Morgan fingerprint density at radius 1 is 1.33 bits per heavy atom. The Morgan fingerprint density at radius 2 is 2.00 bits per heavy atom. The van der Waals surface area contributed by atoms with E-state index >= 15 is 0 Å². The maximum absolute atomic E-state index is 13.7. The molecule has 0 heterocycles. The van der Waals surface area contributed by atoms with Gasteiger partial charge in [0.2, 0.25) is 0 Å². The number of carbonyl (C=O) groups excluding carboxylic acids is 1. The highest BCUT2D eigenvalue weighted by Gasteiger charge is 2.34. The molecular formula is C14H15F4NO2. The molecule has 0 atom stereocenters. The van der Waals surface area contributed by atoms with E-state index in [4.69, 9.17) is 5.11 Å². The minimum absolute atomic E-state index is 0.0147. The van der Waals surface area contributed by atoms with E-state index in [1.165, 1.54) is 4.90 Å². The second-order valence-electron chi connectivity index (χ2n) is 5.00. The van der Waals surface area contributed by atoms with Gasteiger partial charge in [0.1, 0.15) is 5.82 Å². The minimum atomic E-state index is -4.64. The third-order valence-electron chi connectivity index (χ3n) is 3.64. The first-order chi connectivity index (χ1) is 9.84. The van der Waals surface area contributed by atoms with Crippen LogP contribution in [0.15, 0.2) is 18.2 Å². The molecule has 1 aromatic carbocycles. The molecule has 2 rings (SSSR count). The number of hydrogen-bond donors (Lipinski definition) is 1. The van der Waals surface area contributed by atoms with Crippen molar-refractivity contribution in [1.82, 2.24) is 4.90 Å². The first-order valence-electron chi connectivity index (χ1n) is 6.63. The van der Waals surface area contributed by atoms with Gasteiger partial charge in [-0.1, -0.05) is 0 Å². The predicted octanol–water partition coefficient (Wildman–Crippen LogP) is 2.83. The molecule has 0 bridgehead atoms. The van der Waals surface area contributed by atoms with Crippen molar-refractivity contribution in [3.63, 3.8) is 0 Å². The van der Waals surface area contributed by atoms with Gasteiger partial charge in [0, 0.05) is 12.6 Å². The van der Waals surface area contributed by atoms with Crippen LogP contribution in [-0.2, 0) is 6.18 Å². The van der Waals surface area contributed by atoms with Crippen LogP contribution in [0.1, 0.15) is 35.2 Å². The molecule has 21 heavy (non-hydrogen) atoms. The van der Waals surface area contributed by atoms with Crippen molar-refractivity contribution in [3.05, 3.63) is 35.1 Å². The van der Waals surface area contributed by atoms with E-state index in [0.29, 0.717) is 31.0 Å². The van der Waals surface area contributed by atoms with E-state index in [-0.39, 0.29) is 19.2 Å². The number of nitrogens with zero attached hydrogens (tertiary/aromatic N) is 1. The van der Waals surface area contributed by atoms with Gasteiger partial charge in [-0.3, -0.25) is 4.79 Å². The predicted molar refractivity (Wildman–Crippen MR) is 67.2 cm³/mol. The fraction of sp³-hybridized carbons (Fsp3) is 0.500. The zero-order valence-electron chi connectivity index (χ0n) is 11.2. The Bertz CT molecular complexity index is 526. The Kier molecular flexibility index (Phi) is 4.51. The fourth-order valence-electron chi connectivity index (χ4n) is 2.28. The molecule has 0 aromatic heterocycles. The first kappa shape index (κ1) is 15.8. The fourth-order valence-corrected chi connectivity index (χ4v) is 2.28. The quantitative estimate of drug-likeness (QED) is 0.869. The van der Waals surface area contributed by atoms with Gasteiger partial charge in [0.15, 0.2) is 0 Å². The smallest absolute Gasteiger partial charge is 0.395 e. The van der Waals surface area contributed by atoms with Crippen molar-refractivity contribution in [3.8, 4) is 0 Å². The molecule has 1 N–H and O–H groups in total. The Morgan fingerprint density at radius 3 is 2.48 bits per heavy atom. The van der Waals surface area contributed by atoms with Crippen LogP contribution in [0.4, 0.5) is 17.6 Å². The lowest BCUT2D eigenvalue weighted by Gasteiger charge is -2.37. The number of aliphatic hydroxyl groups excluding tert-OH is 1. The van der Waals surface area contributed by atoms with E-state index in [2.05, 4.69) is 0 Å². The summed E-state index contributed by atoms with van der Waals surface area (Å²) >= 11 is 0. The number of carbonyl (C=O) groups is 1. The van der Waals surface area contributed by atoms with Gasteiger partial charge in [0.05, 0.1) is 17.7 Å². The Hall–Kier alpha value is -1.63. The van der Waals surface area contributed by atoms with Gasteiger partial charge in [-0.2, -0.15) is 13.2 Å². The largest absolute Gasteiger partial charge is 0.416 e. The number of hydrogen-bond acceptors (Lipinski definition) is 2. The number of rotatable bonds is 4. The van der Waals surface area contributed by atoms with Crippen molar-refractivity contribution in [1.29, 1.82) is 0 Å². The highest BCUT2D eigenvalue weighted by atomic mass is 19.4. The topological polar surface area (TPSA) is 40.5 Å². The molecule has 3 nitrogen and oxygen atoms in total. The molecule has 1 amide bonds. The van der Waals surface area contributed by atoms with Crippen molar-refractivity contribution >= 4 is 5.91 Å². The monoisotopic (exact) mass is 305 g/mol. The molecule has 1 aliphatic rings. The van der Waals surface area contributed by atoms with E-state index in [1.807, 2.05) is 0 Å². The second kappa shape index (κ2) is 6.01. The Balaban J connectivity index is 2.32. The number of benzene rings is 1. The summed E-state index contributed by atoms with van der Waals surface area (Å²) in [6.07, 6.45) is -2.30. The Labute approximate surface area is 119 Å². The molecule has 0 unspecified atom stereocenters. The van der Waals surface area contributed by atoms with Crippen molar-refractivity contribution in [2.45, 2.75) is 31.5 Å². The van der Waals surface area contributed by atoms with Crippen molar-refractivity contribution in [2.24, 2.45) is 0 Å². The summed E-state index contributed by atoms with van der Waals surface area (Å²) in [4.78, 5) is 13.5. The summed E-state index contributed by atoms with van der Waals surface area (Å²) in [5.41, 5.74) is -1.67. The molecule has 0 radical (unpaired) electrons. The van der Waals surface area contributed by atoms with E-state index in [9.17, 15) is 22.4 Å². The number of aliphatic hydroxyl groups is 1. The molecule has 116 valence electrons. The summed E-state index contributed by atoms with van der Waals surface area (Å²) in [6, 6.07) is 1.64. The molecule has 0 spiro atoms. The molecule has 1 fully saturated rings. The standard InChI is InChI=1S/C14H15F4NO2/c15-12-5-4-9(14(16,17)18)8-11(12)13(21)19(6-7-20)10-2-1-3-10/h4-5,8,10,20H,1-3,6-7H2. The van der Waals surface area contributed by atoms with Gasteiger partial charge >= 0.3 is 6.18 Å². The van der Waals surface area contributed by atoms with Crippen LogP contribution < -0.4 is 0 Å². The molecule has 0 saturated heterocycles. The summed E-state index contributed by atoms with van der Waals surface area (Å²) in [6.45, 7) is -0.331. The number of amides is 1. The summed E-state index contributed by atoms with van der Waals surface area (Å²) in [7, 11) is 0. The molecule has 0 aliphatic heterocycles. The van der Waals surface area contributed by atoms with Crippen LogP contribution in [0.3, 0.4) is 0 Å². The molecule has 7 heteroatoms. The van der Waals surface area contributed by atoms with Gasteiger partial charge in [-0.25, -0.2) is 4.39 Å². The molecule has 1 aromatic rings. The number of alkyl halides is 3. The normalized spacial score (nSPS) is 15.7. The lowest BCUT2D eigenvalue weighted by molar-refractivity contribution is -0.137. The summed E-state index contributed by atoms with van der Waals surface area (Å²) in [5, 5.41) is 8.99. The van der Waals surface area contributed by atoms with Crippen LogP contribution in [0.25, 0.3) is 0 Å². The van der Waals surface area contributed by atoms with Gasteiger partial charge in [-0.15, -0.1) is 0 Å². The highest BCUT2D eigenvalue weighted by molar-refractivity contribution is 5.95. The van der Waals surface area contributed by atoms with Gasteiger partial charge in [-0.05, 0) is 37.5 Å². The SMILES string of the molecule is O=C(c1cc(C(F)(F)F)ccc1F)N(CCO)C1CCC1. The third kappa shape index (κ3) is 3.34. The van der Waals surface area contributed by atoms with Crippen LogP contribution in [0.2, 0.25) is 0 Å². The molecule has 1 aliphatic carbocycles. The van der Waals surface area contributed by atoms with Gasteiger partial charge in [0.25, 0.3) is 5.91 Å². The number of halogens is 4.